The number of rotatable bonds is 4. The average Bonchev–Trinajstić information content (AvgIpc) is 3.14. The van der Waals surface area contributed by atoms with E-state index in [0.717, 1.165) is 21.3 Å². The third kappa shape index (κ3) is 2.59. The molecule has 4 nitrogen and oxygen atoms in total. The monoisotopic (exact) mass is 298 g/mol. The van der Waals surface area contributed by atoms with Crippen molar-refractivity contribution in [2.75, 3.05) is 0 Å². The Morgan fingerprint density at radius 2 is 2.15 bits per heavy atom. The fourth-order valence-corrected chi connectivity index (χ4v) is 3.30. The first kappa shape index (κ1) is 12.9. The standard InChI is InChI=1S/C14H10N4S2/c15-6-11-13(12-7-16-9-20-12)17-18-14(11)19-8-10-4-2-1-3-5-10/h1-5,7,9H,8H2,(H,17,18). The van der Waals surface area contributed by atoms with Crippen molar-refractivity contribution in [1.82, 2.24) is 15.2 Å². The van der Waals surface area contributed by atoms with Crippen LogP contribution < -0.4 is 0 Å². The maximum atomic E-state index is 9.35. The van der Waals surface area contributed by atoms with E-state index in [2.05, 4.69) is 33.4 Å². The fraction of sp³-hybridized carbons (Fsp3) is 0.0714. The molecule has 0 radical (unpaired) electrons. The molecule has 0 saturated carbocycles. The summed E-state index contributed by atoms with van der Waals surface area (Å²) in [6.07, 6.45) is 1.74. The normalized spacial score (nSPS) is 10.3. The van der Waals surface area contributed by atoms with Gasteiger partial charge in [-0.1, -0.05) is 42.1 Å². The van der Waals surface area contributed by atoms with Gasteiger partial charge in [0.2, 0.25) is 0 Å². The van der Waals surface area contributed by atoms with Gasteiger partial charge in [-0.25, -0.2) is 0 Å². The van der Waals surface area contributed by atoms with Crippen LogP contribution in [0.15, 0.2) is 47.1 Å². The number of benzene rings is 1. The minimum absolute atomic E-state index is 0.593. The van der Waals surface area contributed by atoms with Crippen LogP contribution in [0.4, 0.5) is 0 Å². The fourth-order valence-electron chi connectivity index (χ4n) is 1.78. The SMILES string of the molecule is N#Cc1c(SCc2ccccc2)n[nH]c1-c1cncs1. The molecule has 20 heavy (non-hydrogen) atoms. The molecule has 0 fully saturated rings. The lowest BCUT2D eigenvalue weighted by Crippen LogP contribution is -1.82. The molecule has 1 N–H and O–H groups in total. The summed E-state index contributed by atoms with van der Waals surface area (Å²) in [5.41, 5.74) is 4.30. The molecule has 0 aliphatic rings. The summed E-state index contributed by atoms with van der Waals surface area (Å²) >= 11 is 3.05. The third-order valence-corrected chi connectivity index (χ3v) is 4.58. The Balaban J connectivity index is 1.83. The van der Waals surface area contributed by atoms with Gasteiger partial charge in [0.1, 0.15) is 16.7 Å². The molecule has 98 valence electrons. The lowest BCUT2D eigenvalue weighted by Gasteiger charge is -1.99. The van der Waals surface area contributed by atoms with E-state index in [1.54, 1.807) is 23.5 Å². The number of hydrogen-bond donors (Lipinski definition) is 1. The number of aromatic nitrogens is 3. The van der Waals surface area contributed by atoms with Crippen molar-refractivity contribution < 1.29 is 0 Å². The summed E-state index contributed by atoms with van der Waals surface area (Å²) in [6, 6.07) is 12.4. The summed E-state index contributed by atoms with van der Waals surface area (Å²) in [5, 5.41) is 17.3. The molecule has 0 bridgehead atoms. The molecule has 3 rings (SSSR count). The molecular weight excluding hydrogens is 288 g/mol. The molecule has 0 spiro atoms. The highest BCUT2D eigenvalue weighted by Gasteiger charge is 2.15. The Morgan fingerprint density at radius 3 is 2.85 bits per heavy atom. The number of nitriles is 1. The van der Waals surface area contributed by atoms with Gasteiger partial charge in [-0.2, -0.15) is 10.4 Å². The lowest BCUT2D eigenvalue weighted by molar-refractivity contribution is 1.00. The van der Waals surface area contributed by atoms with Gasteiger partial charge < -0.3 is 0 Å². The van der Waals surface area contributed by atoms with Gasteiger partial charge in [-0.3, -0.25) is 10.1 Å². The van der Waals surface area contributed by atoms with E-state index in [9.17, 15) is 5.26 Å². The lowest BCUT2D eigenvalue weighted by atomic mass is 10.2. The molecule has 2 heterocycles. The summed E-state index contributed by atoms with van der Waals surface area (Å²) in [6.45, 7) is 0. The Labute approximate surface area is 124 Å². The Bertz CT molecular complexity index is 726. The first-order valence-electron chi connectivity index (χ1n) is 5.92. The molecular formula is C14H10N4S2. The summed E-state index contributed by atoms with van der Waals surface area (Å²) in [4.78, 5) is 4.96. The third-order valence-electron chi connectivity index (χ3n) is 2.74. The van der Waals surface area contributed by atoms with Crippen molar-refractivity contribution in [3.05, 3.63) is 53.2 Å². The first-order chi connectivity index (χ1) is 9.88. The number of thioether (sulfide) groups is 1. The number of aromatic amines is 1. The van der Waals surface area contributed by atoms with Crippen LogP contribution in [0.1, 0.15) is 11.1 Å². The topological polar surface area (TPSA) is 65.4 Å². The molecule has 0 saturated heterocycles. The van der Waals surface area contributed by atoms with Gasteiger partial charge in [0, 0.05) is 11.9 Å². The van der Waals surface area contributed by atoms with Crippen LogP contribution in [0.25, 0.3) is 10.6 Å². The smallest absolute Gasteiger partial charge is 0.137 e. The zero-order chi connectivity index (χ0) is 13.8. The van der Waals surface area contributed by atoms with E-state index in [0.29, 0.717) is 5.56 Å². The van der Waals surface area contributed by atoms with Gasteiger partial charge in [-0.05, 0) is 5.56 Å². The number of H-pyrrole nitrogens is 1. The van der Waals surface area contributed by atoms with Crippen LogP contribution in [0, 0.1) is 11.3 Å². The van der Waals surface area contributed by atoms with E-state index in [1.807, 2.05) is 18.2 Å². The minimum Gasteiger partial charge on any atom is -0.274 e. The van der Waals surface area contributed by atoms with Crippen LogP contribution in [0.5, 0.6) is 0 Å². The molecule has 1 aromatic carbocycles. The van der Waals surface area contributed by atoms with Crippen molar-refractivity contribution in [3.63, 3.8) is 0 Å². The Hall–Kier alpha value is -2.10. The van der Waals surface area contributed by atoms with Gasteiger partial charge in [0.05, 0.1) is 16.1 Å². The molecule has 2 aromatic heterocycles. The van der Waals surface area contributed by atoms with Crippen LogP contribution in [-0.4, -0.2) is 15.2 Å². The van der Waals surface area contributed by atoms with Crippen LogP contribution in [0.3, 0.4) is 0 Å². The predicted octanol–water partition coefficient (Wildman–Crippen LogP) is 3.70. The van der Waals surface area contributed by atoms with Crippen LogP contribution in [0.2, 0.25) is 0 Å². The minimum atomic E-state index is 0.593. The average molecular weight is 298 g/mol. The maximum absolute atomic E-state index is 9.35. The zero-order valence-corrected chi connectivity index (χ0v) is 12.0. The molecule has 0 aliphatic heterocycles. The van der Waals surface area contributed by atoms with Gasteiger partial charge in [-0.15, -0.1) is 11.3 Å². The van der Waals surface area contributed by atoms with Crippen molar-refractivity contribution in [2.45, 2.75) is 10.8 Å². The zero-order valence-electron chi connectivity index (χ0n) is 10.4. The van der Waals surface area contributed by atoms with Crippen molar-refractivity contribution in [3.8, 4) is 16.6 Å². The van der Waals surface area contributed by atoms with E-state index in [4.69, 9.17) is 0 Å². The second kappa shape index (κ2) is 5.90. The van der Waals surface area contributed by atoms with Crippen molar-refractivity contribution >= 4 is 23.1 Å². The number of nitrogens with one attached hydrogen (secondary N) is 1. The Kier molecular flexibility index (Phi) is 3.81. The maximum Gasteiger partial charge on any atom is 0.137 e. The number of thiazole rings is 1. The van der Waals surface area contributed by atoms with Gasteiger partial charge >= 0.3 is 0 Å². The molecule has 3 aromatic rings. The Morgan fingerprint density at radius 1 is 1.30 bits per heavy atom. The molecule has 0 unspecified atom stereocenters. The molecule has 0 aliphatic carbocycles. The highest BCUT2D eigenvalue weighted by atomic mass is 32.2. The molecule has 6 heteroatoms. The molecule has 0 amide bonds. The largest absolute Gasteiger partial charge is 0.274 e. The van der Waals surface area contributed by atoms with E-state index >= 15 is 0 Å². The molecule has 0 atom stereocenters. The number of nitrogens with zero attached hydrogens (tertiary/aromatic N) is 3. The predicted molar refractivity (Wildman–Crippen MR) is 80.4 cm³/mol. The van der Waals surface area contributed by atoms with E-state index in [-0.39, 0.29) is 0 Å². The summed E-state index contributed by atoms with van der Waals surface area (Å²) in [5.74, 6) is 0.794. The van der Waals surface area contributed by atoms with E-state index < -0.39 is 0 Å². The highest BCUT2D eigenvalue weighted by Crippen LogP contribution is 2.32. The summed E-state index contributed by atoms with van der Waals surface area (Å²) in [7, 11) is 0. The first-order valence-corrected chi connectivity index (χ1v) is 7.79. The van der Waals surface area contributed by atoms with Crippen molar-refractivity contribution in [2.24, 2.45) is 0 Å². The number of hydrogen-bond acceptors (Lipinski definition) is 5. The van der Waals surface area contributed by atoms with E-state index in [1.165, 1.54) is 16.9 Å². The quantitative estimate of drug-likeness (QED) is 0.746. The van der Waals surface area contributed by atoms with Gasteiger partial charge in [0.25, 0.3) is 0 Å². The highest BCUT2D eigenvalue weighted by molar-refractivity contribution is 7.98. The van der Waals surface area contributed by atoms with Gasteiger partial charge in [0.15, 0.2) is 0 Å². The van der Waals surface area contributed by atoms with Crippen LogP contribution in [-0.2, 0) is 5.75 Å². The summed E-state index contributed by atoms with van der Waals surface area (Å²) < 4.78 is 0. The second-order valence-corrected chi connectivity index (χ2v) is 5.88. The van der Waals surface area contributed by atoms with Crippen molar-refractivity contribution in [1.29, 1.82) is 5.26 Å². The van der Waals surface area contributed by atoms with Crippen LogP contribution >= 0.6 is 23.1 Å². The second-order valence-electron chi connectivity index (χ2n) is 4.03.